The fourth-order valence-corrected chi connectivity index (χ4v) is 2.62. The quantitative estimate of drug-likeness (QED) is 0.744. The van der Waals surface area contributed by atoms with E-state index >= 15 is 0 Å². The van der Waals surface area contributed by atoms with E-state index in [1.807, 2.05) is 30.3 Å². The Morgan fingerprint density at radius 3 is 2.90 bits per heavy atom. The van der Waals surface area contributed by atoms with Gasteiger partial charge in [0.05, 0.1) is 18.3 Å². The van der Waals surface area contributed by atoms with Gasteiger partial charge < -0.3 is 15.1 Å². The third-order valence-corrected chi connectivity index (χ3v) is 3.80. The number of anilines is 2. The highest BCUT2D eigenvalue weighted by Crippen LogP contribution is 2.35. The summed E-state index contributed by atoms with van der Waals surface area (Å²) in [7, 11) is 0. The molecule has 4 rings (SSSR count). The number of nitrogens with two attached hydrogens (primary N) is 1. The number of rotatable bonds is 4. The van der Waals surface area contributed by atoms with Crippen molar-refractivity contribution in [3.63, 3.8) is 0 Å². The Labute approximate surface area is 122 Å². The number of benzene rings is 1. The van der Waals surface area contributed by atoms with E-state index in [1.165, 1.54) is 12.8 Å². The third-order valence-electron chi connectivity index (χ3n) is 3.80. The summed E-state index contributed by atoms with van der Waals surface area (Å²) in [6, 6.07) is 10.2. The molecule has 0 radical (unpaired) electrons. The van der Waals surface area contributed by atoms with Crippen LogP contribution >= 0.6 is 0 Å². The minimum atomic E-state index is 0.523. The van der Waals surface area contributed by atoms with E-state index in [0.29, 0.717) is 6.04 Å². The molecular weight excluding hydrogens is 264 g/mol. The zero-order valence-electron chi connectivity index (χ0n) is 11.6. The van der Waals surface area contributed by atoms with Gasteiger partial charge in [-0.05, 0) is 43.2 Å². The van der Waals surface area contributed by atoms with Crippen LogP contribution in [0.1, 0.15) is 18.6 Å². The zero-order valence-corrected chi connectivity index (χ0v) is 11.6. The van der Waals surface area contributed by atoms with Gasteiger partial charge in [-0.2, -0.15) is 0 Å². The topological polar surface area (TPSA) is 68.2 Å². The minimum Gasteiger partial charge on any atom is -0.467 e. The lowest BCUT2D eigenvalue weighted by molar-refractivity contribution is 0.500. The van der Waals surface area contributed by atoms with Crippen molar-refractivity contribution in [3.8, 4) is 0 Å². The Hall–Kier alpha value is -2.56. The number of nitrogens with zero attached hydrogens (tertiary/aromatic N) is 3. The first-order valence-electron chi connectivity index (χ1n) is 7.10. The largest absolute Gasteiger partial charge is 0.467 e. The van der Waals surface area contributed by atoms with Gasteiger partial charge in [0.1, 0.15) is 17.9 Å². The fraction of sp³-hybridized carbons (Fsp3) is 0.250. The SMILES string of the molecule is Nc1ccc2ncnc(N(Cc3ccco3)C3CC3)c2c1. The molecule has 0 unspecified atom stereocenters. The van der Waals surface area contributed by atoms with Gasteiger partial charge in [0, 0.05) is 17.1 Å². The van der Waals surface area contributed by atoms with Gasteiger partial charge in [-0.1, -0.05) is 0 Å². The maximum Gasteiger partial charge on any atom is 0.140 e. The number of aromatic nitrogens is 2. The highest BCUT2D eigenvalue weighted by molar-refractivity contribution is 5.91. The molecule has 2 N–H and O–H groups in total. The second kappa shape index (κ2) is 4.77. The lowest BCUT2D eigenvalue weighted by Gasteiger charge is -2.23. The molecule has 21 heavy (non-hydrogen) atoms. The van der Waals surface area contributed by atoms with Gasteiger partial charge >= 0.3 is 0 Å². The summed E-state index contributed by atoms with van der Waals surface area (Å²) in [6.45, 7) is 0.721. The van der Waals surface area contributed by atoms with Gasteiger partial charge in [-0.3, -0.25) is 0 Å². The van der Waals surface area contributed by atoms with Gasteiger partial charge in [-0.15, -0.1) is 0 Å². The van der Waals surface area contributed by atoms with Crippen LogP contribution in [0.4, 0.5) is 11.5 Å². The molecular formula is C16H16N4O. The lowest BCUT2D eigenvalue weighted by atomic mass is 10.2. The Kier molecular flexibility index (Phi) is 2.77. The molecule has 0 spiro atoms. The molecule has 1 aromatic carbocycles. The molecule has 0 bridgehead atoms. The first-order chi connectivity index (χ1) is 10.3. The van der Waals surface area contributed by atoms with Crippen LogP contribution in [-0.4, -0.2) is 16.0 Å². The van der Waals surface area contributed by atoms with E-state index in [4.69, 9.17) is 10.2 Å². The molecule has 0 saturated heterocycles. The van der Waals surface area contributed by atoms with Crippen molar-refractivity contribution in [2.45, 2.75) is 25.4 Å². The van der Waals surface area contributed by atoms with Crippen LogP contribution < -0.4 is 10.6 Å². The van der Waals surface area contributed by atoms with Gasteiger partial charge in [0.2, 0.25) is 0 Å². The van der Waals surface area contributed by atoms with Crippen molar-refractivity contribution in [3.05, 3.63) is 48.7 Å². The third kappa shape index (κ3) is 2.31. The number of hydrogen-bond acceptors (Lipinski definition) is 5. The summed E-state index contributed by atoms with van der Waals surface area (Å²) in [5, 5.41) is 0.996. The maximum absolute atomic E-state index is 5.93. The van der Waals surface area contributed by atoms with Crippen molar-refractivity contribution in [2.24, 2.45) is 0 Å². The van der Waals surface area contributed by atoms with E-state index in [2.05, 4.69) is 14.9 Å². The van der Waals surface area contributed by atoms with Crippen LogP contribution in [0.5, 0.6) is 0 Å². The van der Waals surface area contributed by atoms with E-state index in [9.17, 15) is 0 Å². The molecule has 0 amide bonds. The van der Waals surface area contributed by atoms with Crippen molar-refractivity contribution < 1.29 is 4.42 Å². The number of hydrogen-bond donors (Lipinski definition) is 1. The first kappa shape index (κ1) is 12.2. The molecule has 3 aromatic rings. The molecule has 1 fully saturated rings. The molecule has 1 saturated carbocycles. The standard InChI is InChI=1S/C16H16N4O/c17-11-3-6-15-14(8-11)16(19-10-18-15)20(12-4-5-12)9-13-2-1-7-21-13/h1-3,6-8,10,12H,4-5,9,17H2. The Balaban J connectivity index is 1.80. The van der Waals surface area contributed by atoms with Crippen molar-refractivity contribution in [2.75, 3.05) is 10.6 Å². The first-order valence-corrected chi connectivity index (χ1v) is 7.10. The fourth-order valence-electron chi connectivity index (χ4n) is 2.62. The van der Waals surface area contributed by atoms with E-state index in [1.54, 1.807) is 12.6 Å². The molecule has 2 heterocycles. The van der Waals surface area contributed by atoms with Crippen LogP contribution in [-0.2, 0) is 6.54 Å². The van der Waals surface area contributed by atoms with E-state index in [0.717, 1.165) is 34.7 Å². The summed E-state index contributed by atoms with van der Waals surface area (Å²) >= 11 is 0. The average molecular weight is 280 g/mol. The highest BCUT2D eigenvalue weighted by Gasteiger charge is 2.31. The monoisotopic (exact) mass is 280 g/mol. The molecule has 5 heteroatoms. The normalized spacial score (nSPS) is 14.5. The van der Waals surface area contributed by atoms with Crippen LogP contribution in [0.15, 0.2) is 47.3 Å². The predicted octanol–water partition coefficient (Wildman–Crippen LogP) is 2.97. The second-order valence-electron chi connectivity index (χ2n) is 5.41. The molecule has 5 nitrogen and oxygen atoms in total. The number of nitrogen functional groups attached to an aromatic ring is 1. The molecule has 106 valence electrons. The van der Waals surface area contributed by atoms with Crippen molar-refractivity contribution in [1.29, 1.82) is 0 Å². The van der Waals surface area contributed by atoms with Crippen LogP contribution in [0.2, 0.25) is 0 Å². The molecule has 2 aromatic heterocycles. The zero-order chi connectivity index (χ0) is 14.2. The average Bonchev–Trinajstić information content (AvgIpc) is 3.21. The Bertz CT molecular complexity index is 765. The second-order valence-corrected chi connectivity index (χ2v) is 5.41. The Morgan fingerprint density at radius 2 is 2.14 bits per heavy atom. The minimum absolute atomic E-state index is 0.523. The van der Waals surface area contributed by atoms with Gasteiger partial charge in [0.25, 0.3) is 0 Å². The van der Waals surface area contributed by atoms with Crippen LogP contribution in [0.25, 0.3) is 10.9 Å². The van der Waals surface area contributed by atoms with Crippen molar-refractivity contribution in [1.82, 2.24) is 9.97 Å². The molecule has 1 aliphatic carbocycles. The summed E-state index contributed by atoms with van der Waals surface area (Å²) in [6.07, 6.45) is 5.70. The number of fused-ring (bicyclic) bond motifs is 1. The number of furan rings is 1. The summed E-state index contributed by atoms with van der Waals surface area (Å²) in [4.78, 5) is 11.1. The van der Waals surface area contributed by atoms with Gasteiger partial charge in [0.15, 0.2) is 0 Å². The van der Waals surface area contributed by atoms with Crippen molar-refractivity contribution >= 4 is 22.4 Å². The van der Waals surface area contributed by atoms with Crippen LogP contribution in [0, 0.1) is 0 Å². The lowest BCUT2D eigenvalue weighted by Crippen LogP contribution is -2.26. The van der Waals surface area contributed by atoms with E-state index < -0.39 is 0 Å². The summed E-state index contributed by atoms with van der Waals surface area (Å²) in [5.41, 5.74) is 7.57. The molecule has 1 aliphatic rings. The van der Waals surface area contributed by atoms with Gasteiger partial charge in [-0.25, -0.2) is 9.97 Å². The summed E-state index contributed by atoms with van der Waals surface area (Å²) in [5.74, 6) is 1.88. The highest BCUT2D eigenvalue weighted by atomic mass is 16.3. The summed E-state index contributed by atoms with van der Waals surface area (Å²) < 4.78 is 5.49. The van der Waals surface area contributed by atoms with E-state index in [-0.39, 0.29) is 0 Å². The van der Waals surface area contributed by atoms with Crippen LogP contribution in [0.3, 0.4) is 0 Å². The predicted molar refractivity (Wildman–Crippen MR) is 81.9 cm³/mol. The molecule has 0 atom stereocenters. The molecule has 0 aliphatic heterocycles. The smallest absolute Gasteiger partial charge is 0.140 e. The Morgan fingerprint density at radius 1 is 1.24 bits per heavy atom. The maximum atomic E-state index is 5.93.